The Balaban J connectivity index is 2.49. The Bertz CT molecular complexity index is 574. The normalized spacial score (nSPS) is 21.4. The molecule has 1 unspecified atom stereocenters. The second kappa shape index (κ2) is 6.54. The second-order valence-electron chi connectivity index (χ2n) is 5.72. The first kappa shape index (κ1) is 15.9. The van der Waals surface area contributed by atoms with Crippen molar-refractivity contribution in [1.82, 2.24) is 0 Å². The van der Waals surface area contributed by atoms with Gasteiger partial charge in [0, 0.05) is 6.04 Å². The van der Waals surface area contributed by atoms with Gasteiger partial charge in [-0.3, -0.25) is 0 Å². The van der Waals surface area contributed by atoms with Crippen LogP contribution in [0, 0.1) is 5.82 Å². The molecule has 0 radical (unpaired) electrons. The van der Waals surface area contributed by atoms with E-state index in [0.29, 0.717) is 0 Å². The van der Waals surface area contributed by atoms with Crippen molar-refractivity contribution in [1.29, 1.82) is 0 Å². The Morgan fingerprint density at radius 2 is 1.75 bits per heavy atom. The number of hydrogen-bond acceptors (Lipinski definition) is 1. The maximum absolute atomic E-state index is 13.6. The van der Waals surface area contributed by atoms with Gasteiger partial charge in [0.05, 0.1) is 0 Å². The van der Waals surface area contributed by atoms with E-state index in [9.17, 15) is 4.39 Å². The SMILES string of the molecule is CCCCC1=C(CCCC)P(C)(=S)c2cc(F)ccc21. The first-order valence-corrected chi connectivity index (χ1v) is 10.9. The summed E-state index contributed by atoms with van der Waals surface area (Å²) in [5.74, 6) is -0.147. The minimum absolute atomic E-state index is 0.147. The van der Waals surface area contributed by atoms with Gasteiger partial charge in [-0.25, -0.2) is 4.39 Å². The van der Waals surface area contributed by atoms with E-state index in [1.807, 2.05) is 6.07 Å². The van der Waals surface area contributed by atoms with E-state index < -0.39 is 6.04 Å². The Kier molecular flexibility index (Phi) is 5.20. The summed E-state index contributed by atoms with van der Waals surface area (Å²) in [5, 5.41) is 2.59. The van der Waals surface area contributed by atoms with Crippen LogP contribution in [0.2, 0.25) is 0 Å². The fourth-order valence-electron chi connectivity index (χ4n) is 3.01. The molecular formula is C17H24FPS. The van der Waals surface area contributed by atoms with Crippen LogP contribution in [0.3, 0.4) is 0 Å². The van der Waals surface area contributed by atoms with Crippen LogP contribution < -0.4 is 5.30 Å². The van der Waals surface area contributed by atoms with Crippen LogP contribution in [-0.2, 0) is 11.8 Å². The van der Waals surface area contributed by atoms with Crippen molar-refractivity contribution in [2.24, 2.45) is 0 Å². The highest BCUT2D eigenvalue weighted by molar-refractivity contribution is 8.20. The summed E-state index contributed by atoms with van der Waals surface area (Å²) in [4.78, 5) is 0. The minimum atomic E-state index is -1.72. The Morgan fingerprint density at radius 3 is 2.40 bits per heavy atom. The molecule has 0 N–H and O–H groups in total. The summed E-state index contributed by atoms with van der Waals surface area (Å²) in [6, 6.07) is 3.52. The van der Waals surface area contributed by atoms with Crippen LogP contribution in [0.25, 0.3) is 5.57 Å². The van der Waals surface area contributed by atoms with E-state index in [2.05, 4.69) is 20.5 Å². The highest BCUT2D eigenvalue weighted by Gasteiger charge is 2.32. The zero-order valence-corrected chi connectivity index (χ0v) is 14.4. The second-order valence-corrected chi connectivity index (χ2v) is 10.8. The standard InChI is InChI=1S/C17H24FPS/c1-4-6-8-14-15-11-10-13(18)12-17(15)19(3,20)16(14)9-7-5-2/h10-12H,4-9H2,1-3H3. The Hall–Kier alpha value is -0.460. The summed E-state index contributed by atoms with van der Waals surface area (Å²) < 4.78 is 13.6. The molecule has 1 aromatic rings. The molecule has 0 saturated heterocycles. The largest absolute Gasteiger partial charge is 0.207 e. The van der Waals surface area contributed by atoms with Gasteiger partial charge in [0.2, 0.25) is 0 Å². The number of fused-ring (bicyclic) bond motifs is 1. The topological polar surface area (TPSA) is 0 Å². The molecular weight excluding hydrogens is 286 g/mol. The number of allylic oxidation sites excluding steroid dienone is 2. The quantitative estimate of drug-likeness (QED) is 0.610. The fourth-order valence-corrected chi connectivity index (χ4v) is 6.73. The lowest BCUT2D eigenvalue weighted by molar-refractivity contribution is 0.629. The van der Waals surface area contributed by atoms with E-state index in [4.69, 9.17) is 11.8 Å². The molecule has 0 fully saturated rings. The summed E-state index contributed by atoms with van der Waals surface area (Å²) in [6.45, 7) is 6.62. The predicted octanol–water partition coefficient (Wildman–Crippen LogP) is 5.67. The molecule has 0 nitrogen and oxygen atoms in total. The zero-order valence-electron chi connectivity index (χ0n) is 12.7. The number of halogens is 1. The summed E-state index contributed by atoms with van der Waals surface area (Å²) >= 11 is 5.97. The molecule has 1 atom stereocenters. The third-order valence-corrected chi connectivity index (χ3v) is 8.22. The molecule has 1 aromatic carbocycles. The average Bonchev–Trinajstić information content (AvgIpc) is 2.62. The molecule has 3 heteroatoms. The summed E-state index contributed by atoms with van der Waals surface area (Å²) in [6.07, 6.45) is 6.95. The average molecular weight is 310 g/mol. The van der Waals surface area contributed by atoms with Crippen molar-refractivity contribution in [3.63, 3.8) is 0 Å². The Morgan fingerprint density at radius 1 is 1.10 bits per heavy atom. The van der Waals surface area contributed by atoms with Crippen LogP contribution in [0.15, 0.2) is 23.5 Å². The van der Waals surface area contributed by atoms with E-state index in [0.717, 1.165) is 18.1 Å². The maximum atomic E-state index is 13.6. The molecule has 0 bridgehead atoms. The van der Waals surface area contributed by atoms with Crippen molar-refractivity contribution in [3.05, 3.63) is 34.9 Å². The van der Waals surface area contributed by atoms with Gasteiger partial charge in [-0.1, -0.05) is 44.6 Å². The van der Waals surface area contributed by atoms with Gasteiger partial charge in [0.1, 0.15) is 5.82 Å². The van der Waals surface area contributed by atoms with Crippen molar-refractivity contribution in [2.75, 3.05) is 6.66 Å². The molecule has 1 aliphatic rings. The number of unbranched alkanes of at least 4 members (excludes halogenated alkanes) is 2. The van der Waals surface area contributed by atoms with Gasteiger partial charge in [0.25, 0.3) is 0 Å². The zero-order chi connectivity index (χ0) is 14.8. The molecule has 0 aromatic heterocycles. The van der Waals surface area contributed by atoms with Gasteiger partial charge in [-0.05, 0) is 66.2 Å². The molecule has 0 aliphatic carbocycles. The Labute approximate surface area is 127 Å². The van der Waals surface area contributed by atoms with E-state index in [1.165, 1.54) is 42.1 Å². The van der Waals surface area contributed by atoms with E-state index in [1.54, 1.807) is 12.1 Å². The summed E-state index contributed by atoms with van der Waals surface area (Å²) in [7, 11) is 0. The highest BCUT2D eigenvalue weighted by Crippen LogP contribution is 2.60. The van der Waals surface area contributed by atoms with Crippen LogP contribution in [0.1, 0.15) is 57.9 Å². The third-order valence-electron chi connectivity index (χ3n) is 4.16. The van der Waals surface area contributed by atoms with Crippen molar-refractivity contribution >= 4 is 28.7 Å². The third kappa shape index (κ3) is 2.92. The van der Waals surface area contributed by atoms with Gasteiger partial charge in [0.15, 0.2) is 0 Å². The minimum Gasteiger partial charge on any atom is -0.207 e. The van der Waals surface area contributed by atoms with Crippen molar-refractivity contribution in [2.45, 2.75) is 52.4 Å². The summed E-state index contributed by atoms with van der Waals surface area (Å²) in [5.41, 5.74) is 2.69. The van der Waals surface area contributed by atoms with E-state index in [-0.39, 0.29) is 5.82 Å². The molecule has 0 amide bonds. The number of rotatable bonds is 6. The lowest BCUT2D eigenvalue weighted by Gasteiger charge is -2.17. The smallest absolute Gasteiger partial charge is 0.123 e. The van der Waals surface area contributed by atoms with Crippen molar-refractivity contribution in [3.8, 4) is 0 Å². The van der Waals surface area contributed by atoms with Gasteiger partial charge >= 0.3 is 0 Å². The molecule has 20 heavy (non-hydrogen) atoms. The molecule has 1 aliphatic heterocycles. The van der Waals surface area contributed by atoms with Gasteiger partial charge < -0.3 is 0 Å². The lowest BCUT2D eigenvalue weighted by Crippen LogP contribution is -2.05. The molecule has 0 saturated carbocycles. The highest BCUT2D eigenvalue weighted by atomic mass is 32.4. The molecule has 2 rings (SSSR count). The van der Waals surface area contributed by atoms with Crippen LogP contribution >= 0.6 is 6.04 Å². The van der Waals surface area contributed by atoms with Crippen LogP contribution in [0.4, 0.5) is 4.39 Å². The van der Waals surface area contributed by atoms with Crippen LogP contribution in [0.5, 0.6) is 0 Å². The van der Waals surface area contributed by atoms with Gasteiger partial charge in [-0.2, -0.15) is 0 Å². The lowest BCUT2D eigenvalue weighted by atomic mass is 9.98. The van der Waals surface area contributed by atoms with E-state index >= 15 is 0 Å². The number of benzene rings is 1. The van der Waals surface area contributed by atoms with Crippen LogP contribution in [-0.4, -0.2) is 6.66 Å². The predicted molar refractivity (Wildman–Crippen MR) is 92.2 cm³/mol. The molecule has 110 valence electrons. The fraction of sp³-hybridized carbons (Fsp3) is 0.529. The molecule has 0 spiro atoms. The monoisotopic (exact) mass is 310 g/mol. The van der Waals surface area contributed by atoms with Crippen molar-refractivity contribution < 1.29 is 4.39 Å². The maximum Gasteiger partial charge on any atom is 0.123 e. The number of hydrogen-bond donors (Lipinski definition) is 0. The first-order valence-electron chi connectivity index (χ1n) is 7.63. The van der Waals surface area contributed by atoms with Gasteiger partial charge in [-0.15, -0.1) is 0 Å². The first-order chi connectivity index (χ1) is 9.52. The molecule has 1 heterocycles.